The molecule has 3 rings (SSSR count). The van der Waals surface area contributed by atoms with E-state index in [1.54, 1.807) is 28.9 Å². The van der Waals surface area contributed by atoms with Crippen molar-refractivity contribution in [2.75, 3.05) is 12.4 Å². The Hall–Kier alpha value is -3.55. The molecule has 8 heteroatoms. The van der Waals surface area contributed by atoms with Crippen molar-refractivity contribution in [3.05, 3.63) is 76.6 Å². The van der Waals surface area contributed by atoms with Crippen molar-refractivity contribution in [2.24, 2.45) is 0 Å². The predicted molar refractivity (Wildman–Crippen MR) is 108 cm³/mol. The van der Waals surface area contributed by atoms with E-state index in [0.717, 1.165) is 40.8 Å². The number of rotatable bonds is 6. The maximum absolute atomic E-state index is 13.7. The second-order valence-electron chi connectivity index (χ2n) is 6.76. The third kappa shape index (κ3) is 4.53. The summed E-state index contributed by atoms with van der Waals surface area (Å²) in [6.07, 6.45) is 0.781. The van der Waals surface area contributed by atoms with Crippen LogP contribution in [-0.2, 0) is 16.0 Å². The number of halogens is 2. The summed E-state index contributed by atoms with van der Waals surface area (Å²) in [7, 11) is 1.35. The van der Waals surface area contributed by atoms with Crippen molar-refractivity contribution in [1.29, 1.82) is 0 Å². The fraction of sp³-hybridized carbons (Fsp3) is 0.227. The third-order valence-electron chi connectivity index (χ3n) is 4.80. The number of hydrogen-bond acceptors (Lipinski definition) is 4. The van der Waals surface area contributed by atoms with Crippen molar-refractivity contribution < 1.29 is 23.1 Å². The summed E-state index contributed by atoms with van der Waals surface area (Å²) in [5, 5.41) is 6.88. The Bertz CT molecular complexity index is 1090. The smallest absolute Gasteiger partial charge is 0.305 e. The van der Waals surface area contributed by atoms with Crippen LogP contribution in [0.3, 0.4) is 0 Å². The number of hydrogen-bond donors (Lipinski definition) is 1. The van der Waals surface area contributed by atoms with Crippen LogP contribution in [0.25, 0.3) is 5.69 Å². The highest BCUT2D eigenvalue weighted by molar-refractivity contribution is 6.04. The van der Waals surface area contributed by atoms with Gasteiger partial charge in [0.2, 0.25) is 0 Å². The van der Waals surface area contributed by atoms with Gasteiger partial charge in [-0.1, -0.05) is 0 Å². The molecule has 1 aromatic heterocycles. The molecule has 0 aliphatic heterocycles. The molecule has 0 saturated carbocycles. The number of methoxy groups -OCH3 is 1. The molecule has 30 heavy (non-hydrogen) atoms. The highest BCUT2D eigenvalue weighted by atomic mass is 19.1. The van der Waals surface area contributed by atoms with E-state index in [4.69, 9.17) is 0 Å². The van der Waals surface area contributed by atoms with Gasteiger partial charge >= 0.3 is 5.97 Å². The molecule has 0 aliphatic carbocycles. The molecule has 1 N–H and O–H groups in total. The fourth-order valence-corrected chi connectivity index (χ4v) is 3.16. The van der Waals surface area contributed by atoms with Crippen LogP contribution < -0.4 is 5.32 Å². The van der Waals surface area contributed by atoms with Crippen molar-refractivity contribution >= 4 is 17.6 Å². The Balaban J connectivity index is 1.78. The number of anilines is 1. The quantitative estimate of drug-likeness (QED) is 0.617. The zero-order valence-corrected chi connectivity index (χ0v) is 16.8. The number of aromatic nitrogens is 2. The molecule has 0 bridgehead atoms. The summed E-state index contributed by atoms with van der Waals surface area (Å²) in [6, 6.07) is 9.43. The maximum atomic E-state index is 13.7. The van der Waals surface area contributed by atoms with Gasteiger partial charge in [0, 0.05) is 23.7 Å². The monoisotopic (exact) mass is 413 g/mol. The van der Waals surface area contributed by atoms with Gasteiger partial charge < -0.3 is 10.1 Å². The molecular formula is C22H21F2N3O3. The number of aryl methyl sites for hydroxylation is 1. The molecule has 0 radical (unpaired) electrons. The molecule has 1 heterocycles. The highest BCUT2D eigenvalue weighted by Gasteiger charge is 2.15. The van der Waals surface area contributed by atoms with Gasteiger partial charge in [-0.2, -0.15) is 5.10 Å². The van der Waals surface area contributed by atoms with E-state index in [0.29, 0.717) is 6.42 Å². The molecule has 0 saturated heterocycles. The highest BCUT2D eigenvalue weighted by Crippen LogP contribution is 2.21. The normalized spacial score (nSPS) is 10.7. The SMILES string of the molecule is COC(=O)CCc1c(C)nn(-c2ccc(C(=O)Nc3cc(F)ccc3F)cc2)c1C. The first-order valence-electron chi connectivity index (χ1n) is 9.29. The van der Waals surface area contributed by atoms with E-state index in [9.17, 15) is 18.4 Å². The second kappa shape index (κ2) is 8.86. The van der Waals surface area contributed by atoms with E-state index in [-0.39, 0.29) is 23.6 Å². The number of carbonyl (C=O) groups is 2. The summed E-state index contributed by atoms with van der Waals surface area (Å²) < 4.78 is 33.4. The van der Waals surface area contributed by atoms with Crippen molar-refractivity contribution in [3.63, 3.8) is 0 Å². The first-order valence-corrected chi connectivity index (χ1v) is 9.29. The third-order valence-corrected chi connectivity index (χ3v) is 4.80. The molecule has 0 fully saturated rings. The largest absolute Gasteiger partial charge is 0.469 e. The Morgan fingerprint density at radius 3 is 2.47 bits per heavy atom. The molecular weight excluding hydrogens is 392 g/mol. The van der Waals surface area contributed by atoms with Crippen LogP contribution in [0.4, 0.5) is 14.5 Å². The lowest BCUT2D eigenvalue weighted by Crippen LogP contribution is -2.13. The van der Waals surface area contributed by atoms with E-state index in [1.165, 1.54) is 7.11 Å². The van der Waals surface area contributed by atoms with Crippen LogP contribution >= 0.6 is 0 Å². The van der Waals surface area contributed by atoms with Crippen LogP contribution in [0.15, 0.2) is 42.5 Å². The molecule has 3 aromatic rings. The average molecular weight is 413 g/mol. The van der Waals surface area contributed by atoms with Gasteiger partial charge in [-0.15, -0.1) is 0 Å². The van der Waals surface area contributed by atoms with Gasteiger partial charge in [0.1, 0.15) is 11.6 Å². The number of carbonyl (C=O) groups excluding carboxylic acids is 2. The first-order chi connectivity index (χ1) is 14.3. The molecule has 0 aliphatic rings. The van der Waals surface area contributed by atoms with Gasteiger partial charge in [0.25, 0.3) is 5.91 Å². The van der Waals surface area contributed by atoms with Crippen LogP contribution in [-0.4, -0.2) is 28.8 Å². The number of nitrogens with one attached hydrogen (secondary N) is 1. The first kappa shape index (κ1) is 21.2. The van der Waals surface area contributed by atoms with E-state index >= 15 is 0 Å². The lowest BCUT2D eigenvalue weighted by atomic mass is 10.1. The van der Waals surface area contributed by atoms with Gasteiger partial charge in [-0.05, 0) is 62.2 Å². The Morgan fingerprint density at radius 1 is 1.10 bits per heavy atom. The van der Waals surface area contributed by atoms with Gasteiger partial charge in [0.05, 0.1) is 24.2 Å². The minimum Gasteiger partial charge on any atom is -0.469 e. The Morgan fingerprint density at radius 2 is 1.80 bits per heavy atom. The van der Waals surface area contributed by atoms with E-state index < -0.39 is 17.5 Å². The lowest BCUT2D eigenvalue weighted by Gasteiger charge is -2.09. The van der Waals surface area contributed by atoms with Gasteiger partial charge in [-0.25, -0.2) is 13.5 Å². The van der Waals surface area contributed by atoms with E-state index in [1.807, 2.05) is 13.8 Å². The van der Waals surface area contributed by atoms with E-state index in [2.05, 4.69) is 15.2 Å². The molecule has 156 valence electrons. The molecule has 0 unspecified atom stereocenters. The summed E-state index contributed by atoms with van der Waals surface area (Å²) in [6.45, 7) is 3.77. The van der Waals surface area contributed by atoms with Crippen LogP contribution in [0.2, 0.25) is 0 Å². The minimum absolute atomic E-state index is 0.224. The van der Waals surface area contributed by atoms with Crippen molar-refractivity contribution in [3.8, 4) is 5.69 Å². The average Bonchev–Trinajstić information content (AvgIpc) is 3.02. The van der Waals surface area contributed by atoms with Crippen LogP contribution in [0.1, 0.15) is 33.7 Å². The number of amides is 1. The number of esters is 1. The molecule has 0 spiro atoms. The predicted octanol–water partition coefficient (Wildman–Crippen LogP) is 4.13. The van der Waals surface area contributed by atoms with Gasteiger partial charge in [-0.3, -0.25) is 9.59 Å². The summed E-state index contributed by atoms with van der Waals surface area (Å²) in [5.74, 6) is -2.21. The summed E-state index contributed by atoms with van der Waals surface area (Å²) >= 11 is 0. The zero-order valence-electron chi connectivity index (χ0n) is 16.8. The van der Waals surface area contributed by atoms with Crippen molar-refractivity contribution in [1.82, 2.24) is 9.78 Å². The molecule has 6 nitrogen and oxygen atoms in total. The number of benzene rings is 2. The molecule has 0 atom stereocenters. The lowest BCUT2D eigenvalue weighted by molar-refractivity contribution is -0.140. The van der Waals surface area contributed by atoms with Gasteiger partial charge in [0.15, 0.2) is 0 Å². The Kier molecular flexibility index (Phi) is 6.25. The summed E-state index contributed by atoms with van der Waals surface area (Å²) in [5.41, 5.74) is 3.44. The minimum atomic E-state index is -0.719. The van der Waals surface area contributed by atoms with Crippen LogP contribution in [0.5, 0.6) is 0 Å². The summed E-state index contributed by atoms with van der Waals surface area (Å²) in [4.78, 5) is 23.8. The topological polar surface area (TPSA) is 73.2 Å². The van der Waals surface area contributed by atoms with Crippen molar-refractivity contribution in [2.45, 2.75) is 26.7 Å². The van der Waals surface area contributed by atoms with Crippen LogP contribution in [0, 0.1) is 25.5 Å². The Labute approximate surface area is 172 Å². The fourth-order valence-electron chi connectivity index (χ4n) is 3.16. The number of nitrogens with zero attached hydrogens (tertiary/aromatic N) is 2. The maximum Gasteiger partial charge on any atom is 0.305 e. The molecule has 2 aromatic carbocycles. The zero-order chi connectivity index (χ0) is 21.8. The molecule has 1 amide bonds. The number of ether oxygens (including phenoxy) is 1. The second-order valence-corrected chi connectivity index (χ2v) is 6.76. The standard InChI is InChI=1S/C22H21F2N3O3/c1-13-18(9-11-21(28)30-3)14(2)27(26-13)17-7-4-15(5-8-17)22(29)25-20-12-16(23)6-10-19(20)24/h4-8,10,12H,9,11H2,1-3H3,(H,25,29).